The van der Waals surface area contributed by atoms with Gasteiger partial charge in [0.2, 0.25) is 0 Å². The van der Waals surface area contributed by atoms with Gasteiger partial charge in [0.1, 0.15) is 5.75 Å². The Balaban J connectivity index is 1.61. The van der Waals surface area contributed by atoms with Crippen LogP contribution in [-0.2, 0) is 17.2 Å². The third kappa shape index (κ3) is 4.78. The quantitative estimate of drug-likeness (QED) is 0.438. The zero-order valence-electron chi connectivity index (χ0n) is 13.9. The van der Waals surface area contributed by atoms with E-state index in [1.807, 2.05) is 23.7 Å². The normalized spacial score (nSPS) is 11.5. The first kappa shape index (κ1) is 18.8. The smallest absolute Gasteiger partial charge is 0.310 e. The van der Waals surface area contributed by atoms with E-state index in [9.17, 15) is 8.42 Å². The second-order valence-electron chi connectivity index (χ2n) is 5.38. The molecule has 3 aromatic rings. The fraction of sp³-hybridized carbons (Fsp3) is 0.176. The molecule has 0 aliphatic carbocycles. The Morgan fingerprint density at radius 2 is 1.77 bits per heavy atom. The minimum Gasteiger partial charge on any atom is -0.382 e. The van der Waals surface area contributed by atoms with E-state index < -0.39 is 10.1 Å². The first-order valence-electron chi connectivity index (χ1n) is 7.70. The molecule has 0 fully saturated rings. The summed E-state index contributed by atoms with van der Waals surface area (Å²) in [7, 11) is -1.83. The fourth-order valence-corrected chi connectivity index (χ4v) is 4.52. The Kier molecular flexibility index (Phi) is 5.85. The lowest BCUT2D eigenvalue weighted by molar-refractivity contribution is 0.488. The highest BCUT2D eigenvalue weighted by molar-refractivity contribution is 8.00. The van der Waals surface area contributed by atoms with Crippen LogP contribution in [0.2, 0.25) is 5.02 Å². The minimum atomic E-state index is -3.66. The van der Waals surface area contributed by atoms with E-state index in [-0.39, 0.29) is 5.75 Å². The highest BCUT2D eigenvalue weighted by Crippen LogP contribution is 2.24. The van der Waals surface area contributed by atoms with Crippen LogP contribution in [0.4, 0.5) is 0 Å². The topological polar surface area (TPSA) is 74.1 Å². The summed E-state index contributed by atoms with van der Waals surface area (Å²) >= 11 is 7.20. The minimum absolute atomic E-state index is 0.129. The van der Waals surface area contributed by atoms with Crippen molar-refractivity contribution in [3.8, 4) is 17.1 Å². The van der Waals surface area contributed by atoms with Crippen LogP contribution in [0, 0.1) is 0 Å². The molecule has 0 atom stereocenters. The van der Waals surface area contributed by atoms with Gasteiger partial charge in [0.25, 0.3) is 0 Å². The summed E-state index contributed by atoms with van der Waals surface area (Å²) in [6, 6.07) is 15.7. The Labute approximate surface area is 161 Å². The van der Waals surface area contributed by atoms with Crippen molar-refractivity contribution < 1.29 is 12.6 Å². The first-order chi connectivity index (χ1) is 12.4. The fourth-order valence-electron chi connectivity index (χ4n) is 2.19. The molecule has 0 saturated heterocycles. The van der Waals surface area contributed by atoms with Crippen LogP contribution >= 0.6 is 23.4 Å². The number of benzene rings is 2. The summed E-state index contributed by atoms with van der Waals surface area (Å²) in [5.74, 6) is 1.17. The third-order valence-electron chi connectivity index (χ3n) is 3.47. The van der Waals surface area contributed by atoms with Crippen molar-refractivity contribution in [3.05, 3.63) is 59.6 Å². The number of hydrogen-bond acceptors (Lipinski definition) is 6. The van der Waals surface area contributed by atoms with E-state index in [1.54, 1.807) is 42.5 Å². The Morgan fingerprint density at radius 3 is 2.46 bits per heavy atom. The zero-order chi connectivity index (χ0) is 18.6. The predicted molar refractivity (Wildman–Crippen MR) is 103 cm³/mol. The average Bonchev–Trinajstić information content (AvgIpc) is 2.97. The lowest BCUT2D eigenvalue weighted by atomic mass is 10.2. The molecule has 3 rings (SSSR count). The molecule has 1 heterocycles. The number of halogens is 1. The average molecular weight is 410 g/mol. The number of aromatic nitrogens is 3. The molecule has 6 nitrogen and oxygen atoms in total. The SMILES string of the molecule is Cn1c(SCCS(=O)(=O)Oc2ccccc2)nnc1-c1ccc(Cl)cc1. The molecule has 0 aliphatic heterocycles. The van der Waals surface area contributed by atoms with Crippen LogP contribution in [0.1, 0.15) is 0 Å². The summed E-state index contributed by atoms with van der Waals surface area (Å²) in [5.41, 5.74) is 0.885. The first-order valence-corrected chi connectivity index (χ1v) is 10.6. The molecule has 0 amide bonds. The summed E-state index contributed by atoms with van der Waals surface area (Å²) < 4.78 is 31.0. The standard InChI is InChI=1S/C17H16ClN3O3S2/c1-21-16(13-7-9-14(18)10-8-13)19-20-17(21)25-11-12-26(22,23)24-15-5-3-2-4-6-15/h2-10H,11-12H2,1H3. The van der Waals surface area contributed by atoms with E-state index >= 15 is 0 Å². The number of rotatable bonds is 7. The molecular formula is C17H16ClN3O3S2. The molecule has 0 N–H and O–H groups in total. The molecule has 26 heavy (non-hydrogen) atoms. The van der Waals surface area contributed by atoms with E-state index in [0.717, 1.165) is 5.56 Å². The number of hydrogen-bond donors (Lipinski definition) is 0. The summed E-state index contributed by atoms with van der Waals surface area (Å²) in [6.07, 6.45) is 0. The second-order valence-corrected chi connectivity index (χ2v) is 8.57. The monoisotopic (exact) mass is 409 g/mol. The number of para-hydroxylation sites is 1. The maximum Gasteiger partial charge on any atom is 0.310 e. The summed E-state index contributed by atoms with van der Waals surface area (Å²) in [6.45, 7) is 0. The van der Waals surface area contributed by atoms with Crippen molar-refractivity contribution in [2.24, 2.45) is 7.05 Å². The largest absolute Gasteiger partial charge is 0.382 e. The predicted octanol–water partition coefficient (Wildman–Crippen LogP) is 3.64. The highest BCUT2D eigenvalue weighted by Gasteiger charge is 2.16. The maximum absolute atomic E-state index is 12.0. The second kappa shape index (κ2) is 8.11. The summed E-state index contributed by atoms with van der Waals surface area (Å²) in [5, 5.41) is 9.57. The van der Waals surface area contributed by atoms with Crippen molar-refractivity contribution in [1.29, 1.82) is 0 Å². The molecule has 0 radical (unpaired) electrons. The molecule has 0 unspecified atom stereocenters. The van der Waals surface area contributed by atoms with E-state index in [0.29, 0.717) is 27.5 Å². The van der Waals surface area contributed by atoms with Gasteiger partial charge >= 0.3 is 10.1 Å². The lowest BCUT2D eigenvalue weighted by Gasteiger charge is -2.07. The molecule has 1 aromatic heterocycles. The highest BCUT2D eigenvalue weighted by atomic mass is 35.5. The van der Waals surface area contributed by atoms with Gasteiger partial charge in [-0.25, -0.2) is 0 Å². The van der Waals surface area contributed by atoms with Crippen LogP contribution in [0.25, 0.3) is 11.4 Å². The molecule has 0 bridgehead atoms. The van der Waals surface area contributed by atoms with Gasteiger partial charge in [-0.05, 0) is 36.4 Å². The van der Waals surface area contributed by atoms with Crippen LogP contribution in [-0.4, -0.2) is 34.7 Å². The summed E-state index contributed by atoms with van der Waals surface area (Å²) in [4.78, 5) is 0. The molecule has 9 heteroatoms. The van der Waals surface area contributed by atoms with Gasteiger partial charge in [-0.15, -0.1) is 10.2 Å². The van der Waals surface area contributed by atoms with Gasteiger partial charge in [0, 0.05) is 23.4 Å². The Hall–Kier alpha value is -2.03. The van der Waals surface area contributed by atoms with E-state index in [4.69, 9.17) is 15.8 Å². The van der Waals surface area contributed by atoms with Gasteiger partial charge in [-0.2, -0.15) is 8.42 Å². The van der Waals surface area contributed by atoms with Crippen LogP contribution in [0.3, 0.4) is 0 Å². The Morgan fingerprint density at radius 1 is 1.08 bits per heavy atom. The number of thioether (sulfide) groups is 1. The maximum atomic E-state index is 12.0. The van der Waals surface area contributed by atoms with E-state index in [2.05, 4.69) is 10.2 Å². The van der Waals surface area contributed by atoms with Crippen molar-refractivity contribution in [3.63, 3.8) is 0 Å². The third-order valence-corrected chi connectivity index (χ3v) is 6.15. The zero-order valence-corrected chi connectivity index (χ0v) is 16.3. The van der Waals surface area contributed by atoms with Crippen molar-refractivity contribution in [2.75, 3.05) is 11.5 Å². The molecular weight excluding hydrogens is 394 g/mol. The van der Waals surface area contributed by atoms with Crippen molar-refractivity contribution in [2.45, 2.75) is 5.16 Å². The van der Waals surface area contributed by atoms with Crippen molar-refractivity contribution >= 4 is 33.5 Å². The van der Waals surface area contributed by atoms with Gasteiger partial charge < -0.3 is 8.75 Å². The van der Waals surface area contributed by atoms with E-state index in [1.165, 1.54) is 11.8 Å². The molecule has 2 aromatic carbocycles. The van der Waals surface area contributed by atoms with Gasteiger partial charge in [0.05, 0.1) is 5.75 Å². The van der Waals surface area contributed by atoms with Gasteiger partial charge in [0.15, 0.2) is 11.0 Å². The Bertz CT molecular complexity index is 974. The van der Waals surface area contributed by atoms with Crippen molar-refractivity contribution in [1.82, 2.24) is 14.8 Å². The van der Waals surface area contributed by atoms with Crippen LogP contribution in [0.15, 0.2) is 59.8 Å². The molecule has 0 saturated carbocycles. The number of nitrogens with zero attached hydrogens (tertiary/aromatic N) is 3. The molecule has 0 aliphatic rings. The van der Waals surface area contributed by atoms with Gasteiger partial charge in [-0.3, -0.25) is 0 Å². The van der Waals surface area contributed by atoms with Crippen LogP contribution in [0.5, 0.6) is 5.75 Å². The van der Waals surface area contributed by atoms with Crippen LogP contribution < -0.4 is 4.18 Å². The molecule has 136 valence electrons. The molecule has 0 spiro atoms. The lowest BCUT2D eigenvalue weighted by Crippen LogP contribution is -2.15. The van der Waals surface area contributed by atoms with Gasteiger partial charge in [-0.1, -0.05) is 41.6 Å².